The predicted molar refractivity (Wildman–Crippen MR) is 106 cm³/mol. The highest BCUT2D eigenvalue weighted by atomic mass is 16.5. The van der Waals surface area contributed by atoms with Crippen molar-refractivity contribution in [2.45, 2.75) is 79.2 Å². The molecule has 0 saturated heterocycles. The fourth-order valence-corrected chi connectivity index (χ4v) is 8.02. The molecule has 8 atom stereocenters. The first-order valence-corrected chi connectivity index (χ1v) is 11.0. The molecule has 0 aromatic carbocycles. The smallest absolute Gasteiger partial charge is 0.302 e. The predicted octanol–water partition coefficient (Wildman–Crippen LogP) is 4.51. The maximum atomic E-state index is 12.4. The molecule has 0 bridgehead atoms. The molecule has 3 saturated carbocycles. The number of fused-ring (bicyclic) bond motifs is 5. The Labute approximate surface area is 168 Å². The van der Waals surface area contributed by atoms with Gasteiger partial charge in [-0.1, -0.05) is 26.3 Å². The van der Waals surface area contributed by atoms with Gasteiger partial charge >= 0.3 is 5.97 Å². The van der Waals surface area contributed by atoms with Crippen LogP contribution in [0.5, 0.6) is 0 Å². The summed E-state index contributed by atoms with van der Waals surface area (Å²) in [5, 5.41) is 0. The molecule has 2 unspecified atom stereocenters. The van der Waals surface area contributed by atoms with Gasteiger partial charge < -0.3 is 4.74 Å². The Morgan fingerprint density at radius 1 is 1.11 bits per heavy atom. The average molecular weight is 387 g/mol. The van der Waals surface area contributed by atoms with Crippen LogP contribution in [0.3, 0.4) is 0 Å². The van der Waals surface area contributed by atoms with Crippen molar-refractivity contribution in [2.24, 2.45) is 40.4 Å². The number of carbonyl (C=O) groups excluding carboxylic acids is 3. The molecule has 4 aliphatic rings. The van der Waals surface area contributed by atoms with E-state index in [1.165, 1.54) is 12.5 Å². The quantitative estimate of drug-likeness (QED) is 0.655. The van der Waals surface area contributed by atoms with Gasteiger partial charge in [-0.25, -0.2) is 0 Å². The van der Waals surface area contributed by atoms with Crippen molar-refractivity contribution >= 4 is 17.5 Å². The van der Waals surface area contributed by atoms with Crippen LogP contribution in [0, 0.1) is 40.4 Å². The molecule has 4 nitrogen and oxygen atoms in total. The molecule has 4 heteroatoms. The monoisotopic (exact) mass is 386 g/mol. The lowest BCUT2D eigenvalue weighted by Gasteiger charge is -2.60. The van der Waals surface area contributed by atoms with Crippen molar-refractivity contribution in [1.82, 2.24) is 0 Å². The van der Waals surface area contributed by atoms with Gasteiger partial charge in [0.1, 0.15) is 11.9 Å². The van der Waals surface area contributed by atoms with E-state index in [-0.39, 0.29) is 34.6 Å². The summed E-state index contributed by atoms with van der Waals surface area (Å²) in [6.07, 6.45) is 7.13. The summed E-state index contributed by atoms with van der Waals surface area (Å²) in [5.74, 6) is 2.14. The number of rotatable bonds is 2. The number of esters is 1. The Bertz CT molecular complexity index is 752. The van der Waals surface area contributed by atoms with Crippen LogP contribution in [-0.2, 0) is 19.1 Å². The molecule has 0 aromatic heterocycles. The van der Waals surface area contributed by atoms with E-state index in [1.54, 1.807) is 6.92 Å². The van der Waals surface area contributed by atoms with Gasteiger partial charge in [0, 0.05) is 24.7 Å². The lowest BCUT2D eigenvalue weighted by atomic mass is 9.44. The summed E-state index contributed by atoms with van der Waals surface area (Å²) in [5.41, 5.74) is 1.03. The molecule has 4 rings (SSSR count). The second kappa shape index (κ2) is 6.53. The van der Waals surface area contributed by atoms with E-state index in [2.05, 4.69) is 20.8 Å². The highest BCUT2D eigenvalue weighted by molar-refractivity contribution is 5.92. The maximum Gasteiger partial charge on any atom is 0.302 e. The van der Waals surface area contributed by atoms with E-state index in [9.17, 15) is 14.4 Å². The van der Waals surface area contributed by atoms with E-state index in [4.69, 9.17) is 4.74 Å². The van der Waals surface area contributed by atoms with E-state index >= 15 is 0 Å². The van der Waals surface area contributed by atoms with E-state index in [0.29, 0.717) is 35.9 Å². The third kappa shape index (κ3) is 2.66. The molecule has 0 radical (unpaired) electrons. The summed E-state index contributed by atoms with van der Waals surface area (Å²) in [6.45, 7) is 10.0. The largest absolute Gasteiger partial charge is 0.461 e. The molecule has 0 aliphatic heterocycles. The van der Waals surface area contributed by atoms with Crippen LogP contribution < -0.4 is 0 Å². The fraction of sp³-hybridized carbons (Fsp3) is 0.792. The maximum absolute atomic E-state index is 12.4. The van der Waals surface area contributed by atoms with Crippen LogP contribution in [0.2, 0.25) is 0 Å². The molecular weight excluding hydrogens is 352 g/mol. The van der Waals surface area contributed by atoms with Crippen molar-refractivity contribution in [2.75, 3.05) is 0 Å². The molecule has 0 spiro atoms. The Morgan fingerprint density at radius 3 is 2.46 bits per heavy atom. The van der Waals surface area contributed by atoms with Gasteiger partial charge in [0.2, 0.25) is 0 Å². The van der Waals surface area contributed by atoms with E-state index in [1.807, 2.05) is 6.08 Å². The van der Waals surface area contributed by atoms with E-state index in [0.717, 1.165) is 32.1 Å². The van der Waals surface area contributed by atoms with Gasteiger partial charge in [-0.15, -0.1) is 0 Å². The Balaban J connectivity index is 1.75. The summed E-state index contributed by atoms with van der Waals surface area (Å²) in [7, 11) is 0. The minimum atomic E-state index is -0.359. The topological polar surface area (TPSA) is 60.4 Å². The first-order chi connectivity index (χ1) is 13.1. The molecule has 0 heterocycles. The Kier molecular flexibility index (Phi) is 4.63. The van der Waals surface area contributed by atoms with Crippen molar-refractivity contribution in [3.05, 3.63) is 11.6 Å². The molecule has 0 aromatic rings. The first-order valence-electron chi connectivity index (χ1n) is 11.0. The van der Waals surface area contributed by atoms with Crippen LogP contribution in [-0.4, -0.2) is 23.6 Å². The van der Waals surface area contributed by atoms with Crippen molar-refractivity contribution in [1.29, 1.82) is 0 Å². The molecule has 154 valence electrons. The van der Waals surface area contributed by atoms with Crippen LogP contribution in [0.25, 0.3) is 0 Å². The lowest BCUT2D eigenvalue weighted by Crippen LogP contribution is -2.57. The average Bonchev–Trinajstić information content (AvgIpc) is 2.94. The van der Waals surface area contributed by atoms with Gasteiger partial charge in [-0.2, -0.15) is 0 Å². The summed E-state index contributed by atoms with van der Waals surface area (Å²) < 4.78 is 5.77. The molecule has 0 amide bonds. The number of Topliss-reactive ketones (excluding diaryl/α,β-unsaturated/α-hetero) is 1. The lowest BCUT2D eigenvalue weighted by molar-refractivity contribution is -0.166. The number of carbonyl (C=O) groups is 3. The number of ketones is 2. The third-order valence-corrected chi connectivity index (χ3v) is 9.16. The molecule has 3 fully saturated rings. The van der Waals surface area contributed by atoms with Gasteiger partial charge in [-0.05, 0) is 74.2 Å². The zero-order valence-corrected chi connectivity index (χ0v) is 17.9. The third-order valence-electron chi connectivity index (χ3n) is 9.16. The summed E-state index contributed by atoms with van der Waals surface area (Å²) >= 11 is 0. The minimum absolute atomic E-state index is 0.0854. The molecule has 28 heavy (non-hydrogen) atoms. The van der Waals surface area contributed by atoms with Crippen LogP contribution >= 0.6 is 0 Å². The number of hydrogen-bond donors (Lipinski definition) is 0. The van der Waals surface area contributed by atoms with Crippen molar-refractivity contribution in [3.63, 3.8) is 0 Å². The van der Waals surface area contributed by atoms with Crippen molar-refractivity contribution in [3.8, 4) is 0 Å². The molecule has 0 N–H and O–H groups in total. The van der Waals surface area contributed by atoms with E-state index < -0.39 is 0 Å². The summed E-state index contributed by atoms with van der Waals surface area (Å²) in [6, 6.07) is 0. The van der Waals surface area contributed by atoms with Crippen LogP contribution in [0.15, 0.2) is 11.6 Å². The van der Waals surface area contributed by atoms with Crippen LogP contribution in [0.1, 0.15) is 73.1 Å². The van der Waals surface area contributed by atoms with Gasteiger partial charge in [0.25, 0.3) is 0 Å². The standard InChI is InChI=1S/C24H34O4/c1-13-10-17-19-7-6-18(14(2)25)23(19,4)9-8-20(17)24(5)21(13)11-16(27)12-22(24)28-15(3)26/h11,13,17-20,22H,6-10,12H2,1-5H3/t13?,17-,18+,19-,20-,22?,23+,24+/m0/s1. The second-order valence-electron chi connectivity index (χ2n) is 10.4. The zero-order valence-electron chi connectivity index (χ0n) is 17.9. The normalized spacial score (nSPS) is 47.5. The number of ether oxygens (including phenoxy) is 1. The van der Waals surface area contributed by atoms with Crippen LogP contribution in [0.4, 0.5) is 0 Å². The summed E-state index contributed by atoms with van der Waals surface area (Å²) in [4.78, 5) is 36.6. The highest BCUT2D eigenvalue weighted by Gasteiger charge is 2.63. The number of hydrogen-bond acceptors (Lipinski definition) is 4. The van der Waals surface area contributed by atoms with Gasteiger partial charge in [-0.3, -0.25) is 14.4 Å². The minimum Gasteiger partial charge on any atom is -0.461 e. The zero-order chi connectivity index (χ0) is 20.4. The highest BCUT2D eigenvalue weighted by Crippen LogP contribution is 2.67. The van der Waals surface area contributed by atoms with Gasteiger partial charge in [0.05, 0.1) is 0 Å². The van der Waals surface area contributed by atoms with Gasteiger partial charge in [0.15, 0.2) is 5.78 Å². The Morgan fingerprint density at radius 2 is 1.82 bits per heavy atom. The SMILES string of the molecule is CC(=O)OC1CC(=O)C=C2C(C)C[C@H]3[C@@H]4CC[C@H](C(C)=O)[C@@]4(C)CC[C@@H]3[C@]21C. The molecule has 4 aliphatic carbocycles. The fourth-order valence-electron chi connectivity index (χ4n) is 8.02. The second-order valence-corrected chi connectivity index (χ2v) is 10.4. The van der Waals surface area contributed by atoms with Crippen molar-refractivity contribution < 1.29 is 19.1 Å². The molecular formula is C24H34O4. The Hall–Kier alpha value is -1.45. The first kappa shape index (κ1) is 19.8.